The van der Waals surface area contributed by atoms with Gasteiger partial charge in [0.05, 0.1) is 7.11 Å². The molecule has 1 atom stereocenters. The first kappa shape index (κ1) is 12.9. The van der Waals surface area contributed by atoms with E-state index in [1.807, 2.05) is 25.1 Å². The van der Waals surface area contributed by atoms with Crippen molar-refractivity contribution >= 4 is 11.6 Å². The molecule has 1 saturated heterocycles. The van der Waals surface area contributed by atoms with E-state index in [1.54, 1.807) is 7.11 Å². The zero-order chi connectivity index (χ0) is 13.0. The summed E-state index contributed by atoms with van der Waals surface area (Å²) < 4.78 is 5.19. The molecule has 1 unspecified atom stereocenters. The van der Waals surface area contributed by atoms with Gasteiger partial charge in [-0.05, 0) is 56.1 Å². The lowest BCUT2D eigenvalue weighted by Crippen LogP contribution is -2.18. The summed E-state index contributed by atoms with van der Waals surface area (Å²) in [6.07, 6.45) is 1.69. The molecule has 18 heavy (non-hydrogen) atoms. The lowest BCUT2D eigenvalue weighted by atomic mass is 10.0. The number of anilines is 1. The minimum atomic E-state index is 0.0910. The Balaban J connectivity index is 1.92. The van der Waals surface area contributed by atoms with Gasteiger partial charge >= 0.3 is 0 Å². The predicted octanol–water partition coefficient (Wildman–Crippen LogP) is 1.94. The summed E-state index contributed by atoms with van der Waals surface area (Å²) in [6, 6.07) is 5.68. The van der Waals surface area contributed by atoms with Gasteiger partial charge in [0.1, 0.15) is 5.75 Å². The van der Waals surface area contributed by atoms with E-state index >= 15 is 0 Å². The number of aryl methyl sites for hydroxylation is 1. The van der Waals surface area contributed by atoms with Crippen LogP contribution >= 0.6 is 0 Å². The van der Waals surface area contributed by atoms with Gasteiger partial charge < -0.3 is 15.4 Å². The summed E-state index contributed by atoms with van der Waals surface area (Å²) in [5.74, 6) is 1.41. The van der Waals surface area contributed by atoms with E-state index < -0.39 is 0 Å². The van der Waals surface area contributed by atoms with Crippen molar-refractivity contribution < 1.29 is 9.53 Å². The standard InChI is InChI=1S/C14H20N2O2/c1-10-7-12(3-4-13(10)18-2)16-14(17)8-11-5-6-15-9-11/h3-4,7,11,15H,5-6,8-9H2,1-2H3,(H,16,17). The van der Waals surface area contributed by atoms with Crippen LogP contribution < -0.4 is 15.4 Å². The molecule has 0 radical (unpaired) electrons. The fourth-order valence-electron chi connectivity index (χ4n) is 2.32. The molecule has 1 aromatic carbocycles. The van der Waals surface area contributed by atoms with E-state index in [0.717, 1.165) is 36.5 Å². The molecule has 0 saturated carbocycles. The summed E-state index contributed by atoms with van der Waals surface area (Å²) in [5.41, 5.74) is 1.86. The van der Waals surface area contributed by atoms with Gasteiger partial charge in [0.25, 0.3) is 0 Å². The van der Waals surface area contributed by atoms with Gasteiger partial charge in [-0.15, -0.1) is 0 Å². The number of carbonyl (C=O) groups is 1. The highest BCUT2D eigenvalue weighted by Gasteiger charge is 2.18. The molecule has 2 rings (SSSR count). The third-order valence-corrected chi connectivity index (χ3v) is 3.32. The maximum absolute atomic E-state index is 11.9. The normalized spacial score (nSPS) is 18.7. The first-order valence-corrected chi connectivity index (χ1v) is 6.34. The van der Waals surface area contributed by atoms with Crippen molar-refractivity contribution in [1.29, 1.82) is 0 Å². The van der Waals surface area contributed by atoms with Crippen LogP contribution in [0, 0.1) is 12.8 Å². The second-order valence-electron chi connectivity index (χ2n) is 4.80. The predicted molar refractivity (Wildman–Crippen MR) is 72.0 cm³/mol. The molecular formula is C14H20N2O2. The monoisotopic (exact) mass is 248 g/mol. The van der Waals surface area contributed by atoms with Gasteiger partial charge in [-0.3, -0.25) is 4.79 Å². The zero-order valence-electron chi connectivity index (χ0n) is 11.0. The van der Waals surface area contributed by atoms with E-state index in [1.165, 1.54) is 0 Å². The lowest BCUT2D eigenvalue weighted by molar-refractivity contribution is -0.116. The molecule has 4 nitrogen and oxygen atoms in total. The fourth-order valence-corrected chi connectivity index (χ4v) is 2.32. The van der Waals surface area contributed by atoms with E-state index in [2.05, 4.69) is 10.6 Å². The third kappa shape index (κ3) is 3.23. The smallest absolute Gasteiger partial charge is 0.224 e. The summed E-state index contributed by atoms with van der Waals surface area (Å²) >= 11 is 0. The van der Waals surface area contributed by atoms with E-state index in [9.17, 15) is 4.79 Å². The van der Waals surface area contributed by atoms with Gasteiger partial charge in [-0.1, -0.05) is 0 Å². The number of amides is 1. The average molecular weight is 248 g/mol. The highest BCUT2D eigenvalue weighted by atomic mass is 16.5. The molecule has 98 valence electrons. The molecule has 1 aliphatic heterocycles. The minimum absolute atomic E-state index is 0.0910. The van der Waals surface area contributed by atoms with Crippen molar-refractivity contribution in [2.75, 3.05) is 25.5 Å². The molecule has 1 heterocycles. The Labute approximate surface area is 108 Å². The number of hydrogen-bond acceptors (Lipinski definition) is 3. The lowest BCUT2D eigenvalue weighted by Gasteiger charge is -2.11. The first-order chi connectivity index (χ1) is 8.69. The van der Waals surface area contributed by atoms with Gasteiger partial charge in [0.2, 0.25) is 5.91 Å². The van der Waals surface area contributed by atoms with E-state index in [4.69, 9.17) is 4.74 Å². The quantitative estimate of drug-likeness (QED) is 0.856. The number of carbonyl (C=O) groups excluding carboxylic acids is 1. The van der Waals surface area contributed by atoms with Crippen LogP contribution in [0.25, 0.3) is 0 Å². The highest BCUT2D eigenvalue weighted by Crippen LogP contribution is 2.22. The molecule has 4 heteroatoms. The second kappa shape index (κ2) is 5.87. The van der Waals surface area contributed by atoms with Crippen molar-refractivity contribution in [3.8, 4) is 5.75 Å². The molecule has 0 aromatic heterocycles. The van der Waals surface area contributed by atoms with E-state index in [0.29, 0.717) is 12.3 Å². The fraction of sp³-hybridized carbons (Fsp3) is 0.500. The zero-order valence-corrected chi connectivity index (χ0v) is 11.0. The number of benzene rings is 1. The van der Waals surface area contributed by atoms with Crippen LogP contribution in [0.4, 0.5) is 5.69 Å². The Morgan fingerprint density at radius 3 is 3.00 bits per heavy atom. The minimum Gasteiger partial charge on any atom is -0.496 e. The Hall–Kier alpha value is -1.55. The average Bonchev–Trinajstić information content (AvgIpc) is 2.82. The molecular weight excluding hydrogens is 228 g/mol. The second-order valence-corrected chi connectivity index (χ2v) is 4.80. The number of hydrogen-bond donors (Lipinski definition) is 2. The third-order valence-electron chi connectivity index (χ3n) is 3.32. The number of rotatable bonds is 4. The largest absolute Gasteiger partial charge is 0.496 e. The number of methoxy groups -OCH3 is 1. The van der Waals surface area contributed by atoms with Crippen molar-refractivity contribution in [2.24, 2.45) is 5.92 Å². The van der Waals surface area contributed by atoms with Crippen molar-refractivity contribution in [2.45, 2.75) is 19.8 Å². The molecule has 0 aliphatic carbocycles. The molecule has 1 aromatic rings. The van der Waals surface area contributed by atoms with Gasteiger partial charge in [-0.2, -0.15) is 0 Å². The van der Waals surface area contributed by atoms with Crippen molar-refractivity contribution in [3.05, 3.63) is 23.8 Å². The summed E-state index contributed by atoms with van der Waals surface area (Å²) in [7, 11) is 1.65. The maximum atomic E-state index is 11.9. The Kier molecular flexibility index (Phi) is 4.20. The van der Waals surface area contributed by atoms with Crippen LogP contribution in [0.1, 0.15) is 18.4 Å². The first-order valence-electron chi connectivity index (χ1n) is 6.34. The summed E-state index contributed by atoms with van der Waals surface area (Å²) in [4.78, 5) is 11.9. The SMILES string of the molecule is COc1ccc(NC(=O)CC2CCNC2)cc1C. The Morgan fingerprint density at radius 1 is 1.56 bits per heavy atom. The van der Waals surface area contributed by atoms with Crippen LogP contribution in [-0.4, -0.2) is 26.1 Å². The summed E-state index contributed by atoms with van der Waals surface area (Å²) in [6.45, 7) is 3.95. The van der Waals surface area contributed by atoms with Crippen LogP contribution in [-0.2, 0) is 4.79 Å². The Bertz CT molecular complexity index is 426. The number of ether oxygens (including phenoxy) is 1. The topological polar surface area (TPSA) is 50.4 Å². The molecule has 1 fully saturated rings. The molecule has 1 amide bonds. The molecule has 2 N–H and O–H groups in total. The van der Waals surface area contributed by atoms with Gasteiger partial charge in [0, 0.05) is 12.1 Å². The van der Waals surface area contributed by atoms with Gasteiger partial charge in [0.15, 0.2) is 0 Å². The van der Waals surface area contributed by atoms with Crippen molar-refractivity contribution in [1.82, 2.24) is 5.32 Å². The van der Waals surface area contributed by atoms with Crippen LogP contribution in [0.3, 0.4) is 0 Å². The maximum Gasteiger partial charge on any atom is 0.224 e. The van der Waals surface area contributed by atoms with Crippen LogP contribution in [0.15, 0.2) is 18.2 Å². The van der Waals surface area contributed by atoms with E-state index in [-0.39, 0.29) is 5.91 Å². The summed E-state index contributed by atoms with van der Waals surface area (Å²) in [5, 5.41) is 6.21. The van der Waals surface area contributed by atoms with Gasteiger partial charge in [-0.25, -0.2) is 0 Å². The molecule has 0 bridgehead atoms. The van der Waals surface area contributed by atoms with Crippen molar-refractivity contribution in [3.63, 3.8) is 0 Å². The van der Waals surface area contributed by atoms with Crippen LogP contribution in [0.2, 0.25) is 0 Å². The molecule has 1 aliphatic rings. The molecule has 0 spiro atoms. The highest BCUT2D eigenvalue weighted by molar-refractivity contribution is 5.91. The Morgan fingerprint density at radius 2 is 2.39 bits per heavy atom. The number of nitrogens with one attached hydrogen (secondary N) is 2. The van der Waals surface area contributed by atoms with Crippen LogP contribution in [0.5, 0.6) is 5.75 Å².